The number of benzene rings is 1. The molecular formula is C20H17ClN4O4. The van der Waals surface area contributed by atoms with Crippen LogP contribution < -0.4 is 4.90 Å². The van der Waals surface area contributed by atoms with Crippen molar-refractivity contribution in [2.75, 3.05) is 24.5 Å². The van der Waals surface area contributed by atoms with E-state index in [0.29, 0.717) is 42.1 Å². The van der Waals surface area contributed by atoms with E-state index in [1.54, 1.807) is 52.5 Å². The first kappa shape index (κ1) is 17.9. The summed E-state index contributed by atoms with van der Waals surface area (Å²) in [7, 11) is 0. The minimum absolute atomic E-state index is 0.000338. The minimum atomic E-state index is -0.347. The van der Waals surface area contributed by atoms with Gasteiger partial charge in [0, 0.05) is 36.8 Å². The highest BCUT2D eigenvalue weighted by atomic mass is 35.5. The number of likely N-dealkylation sites (tertiary alicyclic amines) is 1. The van der Waals surface area contributed by atoms with Crippen LogP contribution in [-0.2, 0) is 9.59 Å². The van der Waals surface area contributed by atoms with E-state index in [0.717, 1.165) is 5.69 Å². The van der Waals surface area contributed by atoms with Crippen molar-refractivity contribution in [3.05, 3.63) is 53.6 Å². The van der Waals surface area contributed by atoms with E-state index in [2.05, 4.69) is 10.1 Å². The third-order valence-corrected chi connectivity index (χ3v) is 5.59. The first-order chi connectivity index (χ1) is 14.1. The van der Waals surface area contributed by atoms with Gasteiger partial charge in [-0.15, -0.1) is 0 Å². The molecule has 0 bridgehead atoms. The molecule has 1 unspecified atom stereocenters. The number of rotatable bonds is 4. The maximum absolute atomic E-state index is 12.8. The molecule has 2 amide bonds. The molecule has 1 atom stereocenters. The van der Waals surface area contributed by atoms with Crippen molar-refractivity contribution in [2.24, 2.45) is 5.92 Å². The van der Waals surface area contributed by atoms with E-state index in [9.17, 15) is 9.59 Å². The van der Waals surface area contributed by atoms with Crippen molar-refractivity contribution in [3.63, 3.8) is 0 Å². The molecule has 4 heterocycles. The number of aromatic nitrogens is 2. The van der Waals surface area contributed by atoms with Crippen molar-refractivity contribution in [1.29, 1.82) is 0 Å². The summed E-state index contributed by atoms with van der Waals surface area (Å²) in [5.74, 6) is 1.01. The fourth-order valence-electron chi connectivity index (χ4n) is 3.72. The summed E-state index contributed by atoms with van der Waals surface area (Å²) >= 11 is 5.91. The smallest absolute Gasteiger partial charge is 0.238 e. The Hall–Kier alpha value is -3.13. The number of hydrogen-bond donors (Lipinski definition) is 0. The zero-order valence-electron chi connectivity index (χ0n) is 15.3. The van der Waals surface area contributed by atoms with Crippen LogP contribution >= 0.6 is 11.6 Å². The average Bonchev–Trinajstić information content (AvgIpc) is 3.41. The second-order valence-electron chi connectivity index (χ2n) is 7.26. The maximum Gasteiger partial charge on any atom is 0.238 e. The van der Waals surface area contributed by atoms with Crippen LogP contribution in [0, 0.1) is 5.92 Å². The Balaban J connectivity index is 1.20. The highest BCUT2D eigenvalue weighted by molar-refractivity contribution is 6.30. The van der Waals surface area contributed by atoms with Crippen molar-refractivity contribution in [2.45, 2.75) is 12.3 Å². The molecule has 0 saturated carbocycles. The van der Waals surface area contributed by atoms with Crippen molar-refractivity contribution in [3.8, 4) is 11.6 Å². The summed E-state index contributed by atoms with van der Waals surface area (Å²) in [4.78, 5) is 32.9. The number of hydrogen-bond acceptors (Lipinski definition) is 6. The number of anilines is 1. The van der Waals surface area contributed by atoms with Gasteiger partial charge >= 0.3 is 0 Å². The molecule has 5 rings (SSSR count). The van der Waals surface area contributed by atoms with Crippen molar-refractivity contribution < 1.29 is 18.5 Å². The van der Waals surface area contributed by atoms with Crippen LogP contribution in [0.4, 0.5) is 5.69 Å². The largest absolute Gasteiger partial charge is 0.461 e. The Labute approximate surface area is 171 Å². The average molecular weight is 413 g/mol. The Bertz CT molecular complexity index is 1040. The van der Waals surface area contributed by atoms with E-state index in [1.165, 1.54) is 0 Å². The fourth-order valence-corrected chi connectivity index (χ4v) is 3.85. The lowest BCUT2D eigenvalue weighted by atomic mass is 9.96. The van der Waals surface area contributed by atoms with E-state index >= 15 is 0 Å². The first-order valence-electron chi connectivity index (χ1n) is 9.30. The monoisotopic (exact) mass is 412 g/mol. The molecule has 0 spiro atoms. The zero-order valence-corrected chi connectivity index (χ0v) is 16.1. The van der Waals surface area contributed by atoms with Gasteiger partial charge in [-0.25, -0.2) is 0 Å². The van der Waals surface area contributed by atoms with Crippen LogP contribution in [0.5, 0.6) is 0 Å². The molecule has 2 fully saturated rings. The summed E-state index contributed by atoms with van der Waals surface area (Å²) in [5, 5.41) is 4.53. The third kappa shape index (κ3) is 3.29. The molecule has 0 N–H and O–H groups in total. The van der Waals surface area contributed by atoms with Crippen LogP contribution in [-0.4, -0.2) is 46.5 Å². The van der Waals surface area contributed by atoms with Gasteiger partial charge in [0.15, 0.2) is 5.76 Å². The molecule has 2 saturated heterocycles. The van der Waals surface area contributed by atoms with Gasteiger partial charge in [-0.3, -0.25) is 9.59 Å². The molecule has 8 nitrogen and oxygen atoms in total. The number of carbonyl (C=O) groups is 2. The molecule has 148 valence electrons. The van der Waals surface area contributed by atoms with E-state index in [-0.39, 0.29) is 30.1 Å². The lowest BCUT2D eigenvalue weighted by Crippen LogP contribution is -2.51. The van der Waals surface area contributed by atoms with Crippen molar-refractivity contribution in [1.82, 2.24) is 15.0 Å². The standard InChI is InChI=1S/C20H17ClN4O4/c21-14-3-5-15(6-4-14)25-11-12(8-17(25)26)20(27)24-9-13(10-24)19-22-18(23-29-19)16-2-1-7-28-16/h1-7,12-13H,8-11H2. The molecule has 0 aliphatic carbocycles. The molecule has 3 aromatic rings. The maximum atomic E-state index is 12.8. The van der Waals surface area contributed by atoms with Crippen LogP contribution in [0.3, 0.4) is 0 Å². The van der Waals surface area contributed by atoms with Crippen molar-refractivity contribution >= 4 is 29.1 Å². The molecule has 1 aromatic carbocycles. The predicted molar refractivity (Wildman–Crippen MR) is 103 cm³/mol. The van der Waals surface area contributed by atoms with Gasteiger partial charge in [-0.05, 0) is 36.4 Å². The highest BCUT2D eigenvalue weighted by Crippen LogP contribution is 2.32. The Kier molecular flexibility index (Phi) is 4.35. The SMILES string of the molecule is O=C(C1CC(=O)N(c2ccc(Cl)cc2)C1)N1CC(c2nc(-c3ccco3)no2)C1. The van der Waals surface area contributed by atoms with Gasteiger partial charge in [0.05, 0.1) is 18.1 Å². The van der Waals surface area contributed by atoms with Gasteiger partial charge < -0.3 is 18.7 Å². The summed E-state index contributed by atoms with van der Waals surface area (Å²) in [5.41, 5.74) is 0.757. The number of carbonyl (C=O) groups excluding carboxylic acids is 2. The predicted octanol–water partition coefficient (Wildman–Crippen LogP) is 2.96. The van der Waals surface area contributed by atoms with Crippen LogP contribution in [0.1, 0.15) is 18.2 Å². The quantitative estimate of drug-likeness (QED) is 0.654. The number of furan rings is 1. The summed E-state index contributed by atoms with van der Waals surface area (Å²) in [6.07, 6.45) is 1.76. The summed E-state index contributed by atoms with van der Waals surface area (Å²) in [6, 6.07) is 10.6. The Morgan fingerprint density at radius 3 is 2.66 bits per heavy atom. The van der Waals surface area contributed by atoms with Gasteiger partial charge in [0.1, 0.15) is 0 Å². The lowest BCUT2D eigenvalue weighted by molar-refractivity contribution is -0.140. The first-order valence-corrected chi connectivity index (χ1v) is 9.68. The normalized spacial score (nSPS) is 19.6. The molecule has 0 radical (unpaired) electrons. The molecule has 29 heavy (non-hydrogen) atoms. The molecule has 2 aliphatic heterocycles. The van der Waals surface area contributed by atoms with E-state index in [1.807, 2.05) is 0 Å². The number of halogens is 1. The number of amides is 2. The zero-order chi connectivity index (χ0) is 20.0. The second-order valence-corrected chi connectivity index (χ2v) is 7.69. The molecule has 2 aromatic heterocycles. The van der Waals surface area contributed by atoms with Gasteiger partial charge in [-0.2, -0.15) is 4.98 Å². The highest BCUT2D eigenvalue weighted by Gasteiger charge is 2.42. The minimum Gasteiger partial charge on any atom is -0.461 e. The Morgan fingerprint density at radius 1 is 1.14 bits per heavy atom. The van der Waals surface area contributed by atoms with Gasteiger partial charge in [0.2, 0.25) is 23.5 Å². The van der Waals surface area contributed by atoms with Gasteiger partial charge in [-0.1, -0.05) is 16.8 Å². The number of nitrogens with zero attached hydrogens (tertiary/aromatic N) is 4. The van der Waals surface area contributed by atoms with Gasteiger partial charge in [0.25, 0.3) is 0 Å². The summed E-state index contributed by atoms with van der Waals surface area (Å²) < 4.78 is 10.6. The fraction of sp³-hybridized carbons (Fsp3) is 0.300. The van der Waals surface area contributed by atoms with Crippen LogP contribution in [0.15, 0.2) is 51.6 Å². The molecule has 9 heteroatoms. The summed E-state index contributed by atoms with van der Waals surface area (Å²) in [6.45, 7) is 1.39. The molecule has 2 aliphatic rings. The molecular weight excluding hydrogens is 396 g/mol. The van der Waals surface area contributed by atoms with E-state index in [4.69, 9.17) is 20.5 Å². The third-order valence-electron chi connectivity index (χ3n) is 5.34. The van der Waals surface area contributed by atoms with Crippen LogP contribution in [0.2, 0.25) is 5.02 Å². The van der Waals surface area contributed by atoms with E-state index < -0.39 is 0 Å². The topological polar surface area (TPSA) is 92.7 Å². The Morgan fingerprint density at radius 2 is 1.93 bits per heavy atom. The lowest BCUT2D eigenvalue weighted by Gasteiger charge is -2.38. The second kappa shape index (κ2) is 7.04. The van der Waals surface area contributed by atoms with Crippen LogP contribution in [0.25, 0.3) is 11.6 Å².